The van der Waals surface area contributed by atoms with E-state index in [0.29, 0.717) is 10.9 Å². The minimum absolute atomic E-state index is 0.0730. The van der Waals surface area contributed by atoms with Gasteiger partial charge in [-0.05, 0) is 34.5 Å². The van der Waals surface area contributed by atoms with Crippen molar-refractivity contribution < 1.29 is 9.18 Å². The maximum Gasteiger partial charge on any atom is 0.256 e. The van der Waals surface area contributed by atoms with Gasteiger partial charge in [-0.25, -0.2) is 4.39 Å². The van der Waals surface area contributed by atoms with Crippen molar-refractivity contribution in [2.45, 2.75) is 19.4 Å². The monoisotopic (exact) mass is 284 g/mol. The Labute approximate surface area is 101 Å². The molecule has 1 atom stereocenters. The number of carbonyl (C=O) groups excluding carboxylic acids is 1. The van der Waals surface area contributed by atoms with Gasteiger partial charge in [-0.2, -0.15) is 5.26 Å². The standard InChI is InChI=1S/C11H10BrFN2O/c1-2-7(6-14)15-11(16)10-8(12)4-3-5-9(10)13/h3-5,7H,2H2,1H3,(H,15,16). The van der Waals surface area contributed by atoms with Gasteiger partial charge in [0, 0.05) is 4.47 Å². The summed E-state index contributed by atoms with van der Waals surface area (Å²) in [5, 5.41) is 11.1. The van der Waals surface area contributed by atoms with Crippen molar-refractivity contribution in [2.75, 3.05) is 0 Å². The first-order valence-corrected chi connectivity index (χ1v) is 5.54. The van der Waals surface area contributed by atoms with Crippen LogP contribution in [0.2, 0.25) is 0 Å². The van der Waals surface area contributed by atoms with Gasteiger partial charge in [0.15, 0.2) is 0 Å². The van der Waals surface area contributed by atoms with Crippen LogP contribution in [0.3, 0.4) is 0 Å². The molecule has 1 unspecified atom stereocenters. The Morgan fingerprint density at radius 1 is 1.69 bits per heavy atom. The molecule has 5 heteroatoms. The van der Waals surface area contributed by atoms with Gasteiger partial charge in [-0.15, -0.1) is 0 Å². The first-order chi connectivity index (χ1) is 7.60. The molecule has 1 amide bonds. The molecular weight excluding hydrogens is 275 g/mol. The van der Waals surface area contributed by atoms with Gasteiger partial charge in [0.2, 0.25) is 0 Å². The van der Waals surface area contributed by atoms with Gasteiger partial charge in [-0.1, -0.05) is 13.0 Å². The van der Waals surface area contributed by atoms with Crippen molar-refractivity contribution in [2.24, 2.45) is 0 Å². The summed E-state index contributed by atoms with van der Waals surface area (Å²) >= 11 is 3.10. The fraction of sp³-hybridized carbons (Fsp3) is 0.273. The summed E-state index contributed by atoms with van der Waals surface area (Å²) in [5.41, 5.74) is -0.0730. The van der Waals surface area contributed by atoms with Crippen LogP contribution in [0, 0.1) is 17.1 Å². The number of carbonyl (C=O) groups is 1. The van der Waals surface area contributed by atoms with Crippen molar-refractivity contribution in [3.05, 3.63) is 34.1 Å². The molecule has 0 aromatic heterocycles. The second-order valence-corrected chi connectivity index (χ2v) is 4.01. The summed E-state index contributed by atoms with van der Waals surface area (Å²) in [5.74, 6) is -1.20. The molecule has 0 bridgehead atoms. The van der Waals surface area contributed by atoms with Gasteiger partial charge < -0.3 is 5.32 Å². The molecule has 0 aliphatic rings. The molecule has 84 valence electrons. The summed E-state index contributed by atoms with van der Waals surface area (Å²) in [4.78, 5) is 11.7. The molecule has 16 heavy (non-hydrogen) atoms. The topological polar surface area (TPSA) is 52.9 Å². The van der Waals surface area contributed by atoms with Crippen LogP contribution in [-0.4, -0.2) is 11.9 Å². The maximum absolute atomic E-state index is 13.4. The quantitative estimate of drug-likeness (QED) is 0.928. The second-order valence-electron chi connectivity index (χ2n) is 3.16. The summed E-state index contributed by atoms with van der Waals surface area (Å²) in [7, 11) is 0. The molecule has 1 aromatic rings. The smallest absolute Gasteiger partial charge is 0.256 e. The Morgan fingerprint density at radius 3 is 2.88 bits per heavy atom. The predicted molar refractivity (Wildman–Crippen MR) is 61.3 cm³/mol. The van der Waals surface area contributed by atoms with E-state index in [0.717, 1.165) is 0 Å². The zero-order chi connectivity index (χ0) is 12.1. The van der Waals surface area contributed by atoms with Gasteiger partial charge in [0.25, 0.3) is 5.91 Å². The van der Waals surface area contributed by atoms with Crippen molar-refractivity contribution in [3.63, 3.8) is 0 Å². The normalized spacial score (nSPS) is 11.6. The van der Waals surface area contributed by atoms with Crippen LogP contribution in [0.15, 0.2) is 22.7 Å². The van der Waals surface area contributed by atoms with E-state index in [4.69, 9.17) is 5.26 Å². The summed E-state index contributed by atoms with van der Waals surface area (Å²) < 4.78 is 13.8. The number of halogens is 2. The number of hydrogen-bond donors (Lipinski definition) is 1. The van der Waals surface area contributed by atoms with E-state index < -0.39 is 17.8 Å². The molecule has 3 nitrogen and oxygen atoms in total. The minimum Gasteiger partial charge on any atom is -0.336 e. The molecule has 0 spiro atoms. The number of benzene rings is 1. The summed E-state index contributed by atoms with van der Waals surface area (Å²) in [6.45, 7) is 1.77. The molecule has 1 aromatic carbocycles. The lowest BCUT2D eigenvalue weighted by atomic mass is 10.1. The van der Waals surface area contributed by atoms with Crippen molar-refractivity contribution in [1.29, 1.82) is 5.26 Å². The van der Waals surface area contributed by atoms with E-state index in [9.17, 15) is 9.18 Å². The molecule has 0 aliphatic carbocycles. The third-order valence-corrected chi connectivity index (χ3v) is 2.72. The number of amides is 1. The summed E-state index contributed by atoms with van der Waals surface area (Å²) in [6.07, 6.45) is 0.480. The SMILES string of the molecule is CCC(C#N)NC(=O)c1c(F)cccc1Br. The Balaban J connectivity index is 2.94. The highest BCUT2D eigenvalue weighted by Gasteiger charge is 2.17. The van der Waals surface area contributed by atoms with Crippen molar-refractivity contribution in [1.82, 2.24) is 5.32 Å². The average Bonchev–Trinajstić information content (AvgIpc) is 2.25. The Bertz CT molecular complexity index is 422. The predicted octanol–water partition coefficient (Wildman–Crippen LogP) is 2.62. The van der Waals surface area contributed by atoms with Crippen LogP contribution < -0.4 is 5.32 Å². The van der Waals surface area contributed by atoms with Crippen LogP contribution in [0.5, 0.6) is 0 Å². The van der Waals surface area contributed by atoms with Gasteiger partial charge >= 0.3 is 0 Å². The highest BCUT2D eigenvalue weighted by Crippen LogP contribution is 2.19. The van der Waals surface area contributed by atoms with Crippen LogP contribution in [0.4, 0.5) is 4.39 Å². The number of hydrogen-bond acceptors (Lipinski definition) is 2. The Kier molecular flexibility index (Phi) is 4.44. The first-order valence-electron chi connectivity index (χ1n) is 4.74. The molecule has 1 N–H and O–H groups in total. The van der Waals surface area contributed by atoms with Crippen molar-refractivity contribution >= 4 is 21.8 Å². The van der Waals surface area contributed by atoms with Gasteiger partial charge in [0.1, 0.15) is 11.9 Å². The van der Waals surface area contributed by atoms with E-state index in [1.807, 2.05) is 6.07 Å². The molecule has 0 saturated heterocycles. The lowest BCUT2D eigenvalue weighted by Crippen LogP contribution is -2.33. The van der Waals surface area contributed by atoms with Crippen molar-refractivity contribution in [3.8, 4) is 6.07 Å². The van der Waals surface area contributed by atoms with Crippen LogP contribution in [0.25, 0.3) is 0 Å². The van der Waals surface area contributed by atoms with E-state index in [-0.39, 0.29) is 5.56 Å². The van der Waals surface area contributed by atoms with Crippen LogP contribution in [-0.2, 0) is 0 Å². The highest BCUT2D eigenvalue weighted by atomic mass is 79.9. The lowest BCUT2D eigenvalue weighted by molar-refractivity contribution is 0.0940. The fourth-order valence-electron chi connectivity index (χ4n) is 1.17. The number of nitriles is 1. The number of nitrogens with one attached hydrogen (secondary N) is 1. The average molecular weight is 285 g/mol. The highest BCUT2D eigenvalue weighted by molar-refractivity contribution is 9.10. The number of nitrogens with zero attached hydrogens (tertiary/aromatic N) is 1. The molecule has 0 radical (unpaired) electrons. The molecule has 1 rings (SSSR count). The maximum atomic E-state index is 13.4. The van der Waals surface area contributed by atoms with Gasteiger partial charge in [0.05, 0.1) is 11.6 Å². The second kappa shape index (κ2) is 5.61. The summed E-state index contributed by atoms with van der Waals surface area (Å²) in [6, 6.07) is 5.60. The fourth-order valence-corrected chi connectivity index (χ4v) is 1.69. The molecular formula is C11H10BrFN2O. The Hall–Kier alpha value is -1.41. The van der Waals surface area contributed by atoms with E-state index >= 15 is 0 Å². The van der Waals surface area contributed by atoms with E-state index in [1.165, 1.54) is 12.1 Å². The Morgan fingerprint density at radius 2 is 2.38 bits per heavy atom. The molecule has 0 heterocycles. The van der Waals surface area contributed by atoms with Crippen LogP contribution in [0.1, 0.15) is 23.7 Å². The largest absolute Gasteiger partial charge is 0.336 e. The number of rotatable bonds is 3. The molecule has 0 aliphatic heterocycles. The lowest BCUT2D eigenvalue weighted by Gasteiger charge is -2.10. The van der Waals surface area contributed by atoms with Crippen LogP contribution >= 0.6 is 15.9 Å². The third-order valence-electron chi connectivity index (χ3n) is 2.06. The van der Waals surface area contributed by atoms with Gasteiger partial charge in [-0.3, -0.25) is 4.79 Å². The minimum atomic E-state index is -0.611. The van der Waals surface area contributed by atoms with E-state index in [1.54, 1.807) is 13.0 Å². The molecule has 0 saturated carbocycles. The zero-order valence-electron chi connectivity index (χ0n) is 8.63. The first kappa shape index (κ1) is 12.7. The molecule has 0 fully saturated rings. The zero-order valence-corrected chi connectivity index (χ0v) is 10.2. The third kappa shape index (κ3) is 2.80. The van der Waals surface area contributed by atoms with E-state index in [2.05, 4.69) is 21.2 Å².